The monoisotopic (exact) mass is 370 g/mol. The second kappa shape index (κ2) is 5.56. The highest BCUT2D eigenvalue weighted by molar-refractivity contribution is 14.1. The van der Waals surface area contributed by atoms with Crippen molar-refractivity contribution >= 4 is 39.9 Å². The summed E-state index contributed by atoms with van der Waals surface area (Å²) < 4.78 is 14.5. The van der Waals surface area contributed by atoms with E-state index in [-0.39, 0.29) is 11.6 Å². The summed E-state index contributed by atoms with van der Waals surface area (Å²) >= 11 is 2.10. The number of aryl methyl sites for hydroxylation is 1. The van der Waals surface area contributed by atoms with Crippen molar-refractivity contribution in [3.05, 3.63) is 56.9 Å². The summed E-state index contributed by atoms with van der Waals surface area (Å²) in [5.74, 6) is -0.882. The highest BCUT2D eigenvalue weighted by Gasteiger charge is 2.13. The molecule has 1 amide bonds. The Bertz CT molecular complexity index is 643. The molecule has 0 radical (unpaired) electrons. The zero-order valence-electron chi connectivity index (χ0n) is 10.2. The van der Waals surface area contributed by atoms with Crippen LogP contribution in [0.3, 0.4) is 0 Å². The van der Waals surface area contributed by atoms with Gasteiger partial charge in [0.2, 0.25) is 0 Å². The molecular weight excluding hydrogens is 358 g/mol. The minimum atomic E-state index is -0.545. The third-order valence-electron chi connectivity index (χ3n) is 2.68. The number of benzene rings is 2. The Labute approximate surface area is 124 Å². The Morgan fingerprint density at radius 2 is 2.05 bits per heavy atom. The van der Waals surface area contributed by atoms with Gasteiger partial charge >= 0.3 is 0 Å². The van der Waals surface area contributed by atoms with Crippen molar-refractivity contribution in [1.29, 1.82) is 0 Å². The lowest BCUT2D eigenvalue weighted by Gasteiger charge is -2.09. The van der Waals surface area contributed by atoms with Gasteiger partial charge in [-0.25, -0.2) is 4.39 Å². The smallest absolute Gasteiger partial charge is 0.256 e. The molecule has 2 aromatic rings. The molecule has 3 nitrogen and oxygen atoms in total. The maximum absolute atomic E-state index is 13.6. The van der Waals surface area contributed by atoms with E-state index in [0.717, 1.165) is 9.13 Å². The lowest BCUT2D eigenvalue weighted by molar-refractivity contribution is 0.102. The van der Waals surface area contributed by atoms with E-state index in [4.69, 9.17) is 5.73 Å². The quantitative estimate of drug-likeness (QED) is 0.627. The fourth-order valence-electron chi connectivity index (χ4n) is 1.65. The summed E-state index contributed by atoms with van der Waals surface area (Å²) in [6, 6.07) is 9.59. The van der Waals surface area contributed by atoms with Crippen LogP contribution in [0.25, 0.3) is 0 Å². The maximum atomic E-state index is 13.6. The number of nitrogens with one attached hydrogen (secondary N) is 1. The minimum absolute atomic E-state index is 0.122. The first-order chi connectivity index (χ1) is 8.99. The Morgan fingerprint density at radius 3 is 2.74 bits per heavy atom. The molecule has 0 spiro atoms. The summed E-state index contributed by atoms with van der Waals surface area (Å²) in [5, 5.41) is 2.55. The van der Waals surface area contributed by atoms with Gasteiger partial charge in [-0.3, -0.25) is 4.79 Å². The molecule has 0 atom stereocenters. The largest absolute Gasteiger partial charge is 0.399 e. The molecule has 98 valence electrons. The van der Waals surface area contributed by atoms with E-state index in [9.17, 15) is 9.18 Å². The second-order valence-electron chi connectivity index (χ2n) is 4.13. The van der Waals surface area contributed by atoms with Crippen LogP contribution >= 0.6 is 22.6 Å². The zero-order chi connectivity index (χ0) is 14.0. The van der Waals surface area contributed by atoms with Gasteiger partial charge in [0.1, 0.15) is 5.82 Å². The molecule has 19 heavy (non-hydrogen) atoms. The van der Waals surface area contributed by atoms with Crippen LogP contribution in [-0.2, 0) is 0 Å². The number of nitrogens with two attached hydrogens (primary N) is 1. The van der Waals surface area contributed by atoms with Gasteiger partial charge in [0.15, 0.2) is 0 Å². The van der Waals surface area contributed by atoms with Crippen LogP contribution in [0, 0.1) is 16.3 Å². The molecule has 2 rings (SSSR count). The van der Waals surface area contributed by atoms with E-state index in [1.54, 1.807) is 18.2 Å². The molecule has 0 heterocycles. The molecule has 0 bridgehead atoms. The standard InChI is InChI=1S/C14H12FIN2O/c1-8-3-2-4-10(13(8)16)14(19)18-12-6-5-9(17)7-11(12)15/h2-7H,17H2,1H3,(H,18,19). The summed E-state index contributed by atoms with van der Waals surface area (Å²) in [7, 11) is 0. The highest BCUT2D eigenvalue weighted by atomic mass is 127. The molecule has 0 aliphatic carbocycles. The van der Waals surface area contributed by atoms with E-state index < -0.39 is 5.82 Å². The summed E-state index contributed by atoms with van der Waals surface area (Å²) in [6.07, 6.45) is 0. The van der Waals surface area contributed by atoms with Crippen molar-refractivity contribution in [3.8, 4) is 0 Å². The van der Waals surface area contributed by atoms with Crippen molar-refractivity contribution in [2.24, 2.45) is 0 Å². The number of halogens is 2. The molecule has 0 aromatic heterocycles. The van der Waals surface area contributed by atoms with Crippen LogP contribution < -0.4 is 11.1 Å². The molecule has 0 aliphatic rings. The van der Waals surface area contributed by atoms with E-state index >= 15 is 0 Å². The van der Waals surface area contributed by atoms with Gasteiger partial charge in [-0.2, -0.15) is 0 Å². The molecular formula is C14H12FIN2O. The lowest BCUT2D eigenvalue weighted by atomic mass is 10.1. The first-order valence-corrected chi connectivity index (χ1v) is 6.68. The number of rotatable bonds is 2. The van der Waals surface area contributed by atoms with Crippen molar-refractivity contribution in [2.75, 3.05) is 11.1 Å². The van der Waals surface area contributed by atoms with E-state index in [0.29, 0.717) is 11.3 Å². The van der Waals surface area contributed by atoms with Gasteiger partial charge in [0, 0.05) is 9.26 Å². The lowest BCUT2D eigenvalue weighted by Crippen LogP contribution is -2.15. The third kappa shape index (κ3) is 3.04. The van der Waals surface area contributed by atoms with Gasteiger partial charge in [-0.1, -0.05) is 12.1 Å². The van der Waals surface area contributed by atoms with Crippen LogP contribution in [0.15, 0.2) is 36.4 Å². The first kappa shape index (κ1) is 13.8. The average molecular weight is 370 g/mol. The molecule has 0 aliphatic heterocycles. The predicted molar refractivity (Wildman–Crippen MR) is 82.7 cm³/mol. The van der Waals surface area contributed by atoms with Crippen molar-refractivity contribution < 1.29 is 9.18 Å². The van der Waals surface area contributed by atoms with Crippen LogP contribution in [0.5, 0.6) is 0 Å². The van der Waals surface area contributed by atoms with Crippen molar-refractivity contribution in [1.82, 2.24) is 0 Å². The maximum Gasteiger partial charge on any atom is 0.256 e. The van der Waals surface area contributed by atoms with E-state index in [1.807, 2.05) is 13.0 Å². The minimum Gasteiger partial charge on any atom is -0.399 e. The first-order valence-electron chi connectivity index (χ1n) is 5.60. The number of nitrogen functional groups attached to an aromatic ring is 1. The molecule has 0 saturated heterocycles. The second-order valence-corrected chi connectivity index (χ2v) is 5.21. The number of carbonyl (C=O) groups is 1. The van der Waals surface area contributed by atoms with Gasteiger partial charge in [0.25, 0.3) is 5.91 Å². The van der Waals surface area contributed by atoms with Gasteiger partial charge < -0.3 is 11.1 Å². The number of carbonyl (C=O) groups excluding carboxylic acids is 1. The van der Waals surface area contributed by atoms with Crippen LogP contribution in [0.2, 0.25) is 0 Å². The Kier molecular flexibility index (Phi) is 4.04. The molecule has 0 saturated carbocycles. The Balaban J connectivity index is 2.28. The number of anilines is 2. The average Bonchev–Trinajstić information content (AvgIpc) is 2.36. The highest BCUT2D eigenvalue weighted by Crippen LogP contribution is 2.21. The predicted octanol–water partition coefficient (Wildman–Crippen LogP) is 3.57. The van der Waals surface area contributed by atoms with Gasteiger partial charge in [-0.15, -0.1) is 0 Å². The topological polar surface area (TPSA) is 55.1 Å². The summed E-state index contributed by atoms with van der Waals surface area (Å²) in [5.41, 5.74) is 7.43. The molecule has 5 heteroatoms. The Morgan fingerprint density at radius 1 is 1.32 bits per heavy atom. The molecule has 2 aromatic carbocycles. The van der Waals surface area contributed by atoms with Crippen molar-refractivity contribution in [3.63, 3.8) is 0 Å². The number of hydrogen-bond acceptors (Lipinski definition) is 2. The number of amides is 1. The van der Waals surface area contributed by atoms with Crippen molar-refractivity contribution in [2.45, 2.75) is 6.92 Å². The van der Waals surface area contributed by atoms with E-state index in [1.165, 1.54) is 12.1 Å². The molecule has 3 N–H and O–H groups in total. The number of hydrogen-bond donors (Lipinski definition) is 2. The SMILES string of the molecule is Cc1cccc(C(=O)Nc2ccc(N)cc2F)c1I. The van der Waals surface area contributed by atoms with Crippen LogP contribution in [0.4, 0.5) is 15.8 Å². The summed E-state index contributed by atoms with van der Waals surface area (Å²) in [4.78, 5) is 12.1. The van der Waals surface area contributed by atoms with E-state index in [2.05, 4.69) is 27.9 Å². The molecule has 0 fully saturated rings. The van der Waals surface area contributed by atoms with Gasteiger partial charge in [0.05, 0.1) is 11.3 Å². The van der Waals surface area contributed by atoms with Crippen LogP contribution in [-0.4, -0.2) is 5.91 Å². The normalized spacial score (nSPS) is 10.3. The summed E-state index contributed by atoms with van der Waals surface area (Å²) in [6.45, 7) is 1.92. The fraction of sp³-hybridized carbons (Fsp3) is 0.0714. The Hall–Kier alpha value is -1.63. The third-order valence-corrected chi connectivity index (χ3v) is 4.11. The van der Waals surface area contributed by atoms with Crippen LogP contribution in [0.1, 0.15) is 15.9 Å². The van der Waals surface area contributed by atoms with Gasteiger partial charge in [-0.05, 0) is 59.3 Å². The fourth-order valence-corrected chi connectivity index (χ4v) is 2.25. The zero-order valence-corrected chi connectivity index (χ0v) is 12.4. The molecule has 0 unspecified atom stereocenters.